The number of nitrogens with zero attached hydrogens (tertiary/aromatic N) is 2. The number of benzene rings is 2. The SMILES string of the molecule is CN=C(NCc1cccc(S(N)(=O)=O)c1)N(C)Cc1ccc(OC(F)F)cc1.I. The molecular formula is C18H23F2IN4O3S. The van der Waals surface area contributed by atoms with E-state index in [1.807, 2.05) is 11.9 Å². The van der Waals surface area contributed by atoms with Crippen LogP contribution in [0, 0.1) is 0 Å². The number of halogens is 3. The lowest BCUT2D eigenvalue weighted by atomic mass is 10.2. The molecule has 2 rings (SSSR count). The second-order valence-electron chi connectivity index (χ2n) is 5.97. The Morgan fingerprint density at radius 3 is 2.41 bits per heavy atom. The van der Waals surface area contributed by atoms with Crippen LogP contribution < -0.4 is 15.2 Å². The second kappa shape index (κ2) is 11.3. The van der Waals surface area contributed by atoms with Gasteiger partial charge >= 0.3 is 6.61 Å². The van der Waals surface area contributed by atoms with Crippen molar-refractivity contribution < 1.29 is 21.9 Å². The molecule has 0 aromatic heterocycles. The third-order valence-corrected chi connectivity index (χ3v) is 4.73. The zero-order valence-corrected chi connectivity index (χ0v) is 19.0. The van der Waals surface area contributed by atoms with Gasteiger partial charge < -0.3 is 15.0 Å². The van der Waals surface area contributed by atoms with Gasteiger partial charge in [0.25, 0.3) is 0 Å². The quantitative estimate of drug-likeness (QED) is 0.320. The molecule has 0 bridgehead atoms. The molecule has 0 unspecified atom stereocenters. The van der Waals surface area contributed by atoms with Gasteiger partial charge in [-0.25, -0.2) is 13.6 Å². The Labute approximate surface area is 186 Å². The number of nitrogens with two attached hydrogens (primary N) is 1. The van der Waals surface area contributed by atoms with Crippen LogP contribution in [0.5, 0.6) is 5.75 Å². The van der Waals surface area contributed by atoms with Crippen LogP contribution in [0.15, 0.2) is 58.4 Å². The van der Waals surface area contributed by atoms with Crippen molar-refractivity contribution in [2.24, 2.45) is 10.1 Å². The second-order valence-corrected chi connectivity index (χ2v) is 7.53. The van der Waals surface area contributed by atoms with E-state index in [-0.39, 0.29) is 34.6 Å². The number of hydrogen-bond donors (Lipinski definition) is 2. The number of aliphatic imine (C=N–C) groups is 1. The predicted octanol–water partition coefficient (Wildman–Crippen LogP) is 2.76. The number of hydrogen-bond acceptors (Lipinski definition) is 4. The maximum absolute atomic E-state index is 12.2. The molecule has 0 atom stereocenters. The average Bonchev–Trinajstić information content (AvgIpc) is 2.63. The summed E-state index contributed by atoms with van der Waals surface area (Å²) in [6.45, 7) is -2.03. The standard InChI is InChI=1S/C18H22F2N4O3S.HI/c1-22-18(23-11-14-4-3-5-16(10-14)28(21,25)26)24(2)12-13-6-8-15(9-7-13)27-17(19)20;/h3-10,17H,11-12H2,1-2H3,(H,22,23)(H2,21,25,26);1H. The molecule has 2 aromatic carbocycles. The van der Waals surface area contributed by atoms with Gasteiger partial charge in [0.2, 0.25) is 10.0 Å². The van der Waals surface area contributed by atoms with Gasteiger partial charge in [-0.2, -0.15) is 8.78 Å². The van der Waals surface area contributed by atoms with Crippen molar-refractivity contribution in [3.8, 4) is 5.75 Å². The Morgan fingerprint density at radius 2 is 1.86 bits per heavy atom. The van der Waals surface area contributed by atoms with Gasteiger partial charge in [0.1, 0.15) is 5.75 Å². The zero-order chi connectivity index (χ0) is 20.7. The van der Waals surface area contributed by atoms with E-state index in [0.717, 1.165) is 11.1 Å². The summed E-state index contributed by atoms with van der Waals surface area (Å²) in [4.78, 5) is 6.07. The van der Waals surface area contributed by atoms with Crippen LogP contribution in [0.2, 0.25) is 0 Å². The smallest absolute Gasteiger partial charge is 0.387 e. The first-order valence-corrected chi connectivity index (χ1v) is 9.81. The zero-order valence-electron chi connectivity index (χ0n) is 15.9. The van der Waals surface area contributed by atoms with Crippen LogP contribution in [0.3, 0.4) is 0 Å². The van der Waals surface area contributed by atoms with E-state index < -0.39 is 16.6 Å². The summed E-state index contributed by atoms with van der Waals surface area (Å²) in [7, 11) is -0.320. The van der Waals surface area contributed by atoms with Crippen molar-refractivity contribution in [2.45, 2.75) is 24.6 Å². The molecular weight excluding hydrogens is 517 g/mol. The van der Waals surface area contributed by atoms with Crippen molar-refractivity contribution in [3.05, 3.63) is 59.7 Å². The summed E-state index contributed by atoms with van der Waals surface area (Å²) < 4.78 is 51.6. The fourth-order valence-corrected chi connectivity index (χ4v) is 3.11. The van der Waals surface area contributed by atoms with E-state index in [1.165, 1.54) is 24.3 Å². The predicted molar refractivity (Wildman–Crippen MR) is 118 cm³/mol. The molecule has 0 aliphatic carbocycles. The lowest BCUT2D eigenvalue weighted by Gasteiger charge is -2.22. The molecule has 0 saturated carbocycles. The monoisotopic (exact) mass is 540 g/mol. The molecule has 2 aromatic rings. The van der Waals surface area contributed by atoms with E-state index in [4.69, 9.17) is 5.14 Å². The Bertz CT molecular complexity index is 925. The van der Waals surface area contributed by atoms with E-state index in [1.54, 1.807) is 31.3 Å². The first-order valence-electron chi connectivity index (χ1n) is 8.26. The van der Waals surface area contributed by atoms with Gasteiger partial charge in [0.15, 0.2) is 5.96 Å². The van der Waals surface area contributed by atoms with Gasteiger partial charge in [0.05, 0.1) is 4.90 Å². The molecule has 11 heteroatoms. The summed E-state index contributed by atoms with van der Waals surface area (Å²) in [5.74, 6) is 0.674. The normalized spacial score (nSPS) is 11.7. The van der Waals surface area contributed by atoms with E-state index in [9.17, 15) is 17.2 Å². The highest BCUT2D eigenvalue weighted by Gasteiger charge is 2.10. The maximum atomic E-state index is 12.2. The Balaban J connectivity index is 0.00000420. The number of sulfonamides is 1. The fourth-order valence-electron chi connectivity index (χ4n) is 2.52. The topological polar surface area (TPSA) is 97.0 Å². The number of rotatable bonds is 7. The molecule has 0 radical (unpaired) electrons. The van der Waals surface area contributed by atoms with Crippen LogP contribution in [0.1, 0.15) is 11.1 Å². The number of guanidine groups is 1. The summed E-state index contributed by atoms with van der Waals surface area (Å²) in [6, 6.07) is 12.7. The number of primary sulfonamides is 1. The summed E-state index contributed by atoms with van der Waals surface area (Å²) in [5.41, 5.74) is 1.61. The maximum Gasteiger partial charge on any atom is 0.387 e. The Morgan fingerprint density at radius 1 is 1.21 bits per heavy atom. The number of ether oxygens (including phenoxy) is 1. The minimum Gasteiger partial charge on any atom is -0.435 e. The van der Waals surface area contributed by atoms with Gasteiger partial charge in [0, 0.05) is 27.2 Å². The summed E-state index contributed by atoms with van der Waals surface area (Å²) >= 11 is 0. The van der Waals surface area contributed by atoms with Crippen LogP contribution in [0.25, 0.3) is 0 Å². The number of alkyl halides is 2. The summed E-state index contributed by atoms with van der Waals surface area (Å²) in [6.07, 6.45) is 0. The van der Waals surface area contributed by atoms with Crippen LogP contribution in [-0.4, -0.2) is 40.0 Å². The molecule has 0 saturated heterocycles. The highest BCUT2D eigenvalue weighted by Crippen LogP contribution is 2.16. The minimum absolute atomic E-state index is 0. The Hall–Kier alpha value is -1.99. The fraction of sp³-hybridized carbons (Fsp3) is 0.278. The first-order chi connectivity index (χ1) is 13.2. The van der Waals surface area contributed by atoms with Crippen molar-refractivity contribution in [3.63, 3.8) is 0 Å². The molecule has 0 heterocycles. The first kappa shape index (κ1) is 25.0. The third-order valence-electron chi connectivity index (χ3n) is 3.82. The van der Waals surface area contributed by atoms with Crippen molar-refractivity contribution >= 4 is 40.0 Å². The van der Waals surface area contributed by atoms with Crippen molar-refractivity contribution in [1.29, 1.82) is 0 Å². The molecule has 0 amide bonds. The van der Waals surface area contributed by atoms with Crippen LogP contribution >= 0.6 is 24.0 Å². The molecule has 0 spiro atoms. The van der Waals surface area contributed by atoms with E-state index >= 15 is 0 Å². The van der Waals surface area contributed by atoms with Gasteiger partial charge in [-0.3, -0.25) is 4.99 Å². The van der Waals surface area contributed by atoms with Gasteiger partial charge in [-0.1, -0.05) is 24.3 Å². The molecule has 0 aliphatic rings. The molecule has 0 aliphatic heterocycles. The van der Waals surface area contributed by atoms with E-state index in [0.29, 0.717) is 19.0 Å². The Kier molecular flexibility index (Phi) is 9.73. The highest BCUT2D eigenvalue weighted by molar-refractivity contribution is 14.0. The molecule has 29 heavy (non-hydrogen) atoms. The lowest BCUT2D eigenvalue weighted by Crippen LogP contribution is -2.38. The lowest BCUT2D eigenvalue weighted by molar-refractivity contribution is -0.0498. The van der Waals surface area contributed by atoms with Crippen LogP contribution in [-0.2, 0) is 23.1 Å². The van der Waals surface area contributed by atoms with Gasteiger partial charge in [-0.05, 0) is 35.4 Å². The highest BCUT2D eigenvalue weighted by atomic mass is 127. The third kappa shape index (κ3) is 8.11. The van der Waals surface area contributed by atoms with Gasteiger partial charge in [-0.15, -0.1) is 24.0 Å². The minimum atomic E-state index is -3.76. The molecule has 3 N–H and O–H groups in total. The number of nitrogens with one attached hydrogen (secondary N) is 1. The van der Waals surface area contributed by atoms with Crippen LogP contribution in [0.4, 0.5) is 8.78 Å². The van der Waals surface area contributed by atoms with Crippen molar-refractivity contribution in [1.82, 2.24) is 10.2 Å². The average molecular weight is 540 g/mol. The van der Waals surface area contributed by atoms with E-state index in [2.05, 4.69) is 15.0 Å². The summed E-state index contributed by atoms with van der Waals surface area (Å²) in [5, 5.41) is 8.29. The van der Waals surface area contributed by atoms with Crippen molar-refractivity contribution in [2.75, 3.05) is 14.1 Å². The molecule has 0 fully saturated rings. The molecule has 7 nitrogen and oxygen atoms in total. The largest absolute Gasteiger partial charge is 0.435 e. The molecule has 160 valence electrons.